The molecular formula is C20H23FN10O8P2S. The molecule has 0 radical (unpaired) electrons. The van der Waals surface area contributed by atoms with Crippen molar-refractivity contribution in [3.63, 3.8) is 0 Å². The fourth-order valence-corrected chi connectivity index (χ4v) is 7.53. The van der Waals surface area contributed by atoms with E-state index in [4.69, 9.17) is 39.0 Å². The van der Waals surface area contributed by atoms with Gasteiger partial charge in [0.15, 0.2) is 41.6 Å². The molecule has 7 heterocycles. The highest BCUT2D eigenvalue weighted by molar-refractivity contribution is 8.44. The second kappa shape index (κ2) is 10.7. The largest absolute Gasteiger partial charge is 0.386 e. The van der Waals surface area contributed by atoms with Crippen LogP contribution >= 0.6 is 27.3 Å². The van der Waals surface area contributed by atoms with Gasteiger partial charge in [-0.3, -0.25) is 22.7 Å². The lowest BCUT2D eigenvalue weighted by molar-refractivity contribution is -0.0557. The molecular weight excluding hydrogens is 621 g/mol. The monoisotopic (exact) mass is 644 g/mol. The van der Waals surface area contributed by atoms with E-state index in [-0.39, 0.29) is 35.8 Å². The van der Waals surface area contributed by atoms with E-state index in [2.05, 4.69) is 42.2 Å². The number of hydrogen-bond donors (Lipinski definition) is 3. The molecule has 224 valence electrons. The summed E-state index contributed by atoms with van der Waals surface area (Å²) in [6.07, 6.45) is -3.07. The van der Waals surface area contributed by atoms with E-state index in [1.165, 1.54) is 34.4 Å². The molecule has 0 aromatic carbocycles. The van der Waals surface area contributed by atoms with Crippen LogP contribution in [0.3, 0.4) is 0 Å². The van der Waals surface area contributed by atoms with Crippen LogP contribution in [0.25, 0.3) is 22.3 Å². The maximum absolute atomic E-state index is 15.8. The van der Waals surface area contributed by atoms with E-state index in [0.29, 0.717) is 11.2 Å². The molecule has 0 amide bonds. The first-order chi connectivity index (χ1) is 20.2. The molecule has 0 aliphatic carbocycles. The highest BCUT2D eigenvalue weighted by atomic mass is 32.7. The van der Waals surface area contributed by atoms with Gasteiger partial charge in [-0.25, -0.2) is 38.9 Å². The summed E-state index contributed by atoms with van der Waals surface area (Å²) in [7, 11) is -3.28. The Kier molecular flexibility index (Phi) is 7.15. The van der Waals surface area contributed by atoms with Crippen LogP contribution in [0.15, 0.2) is 25.3 Å². The molecule has 42 heavy (non-hydrogen) atoms. The van der Waals surface area contributed by atoms with Gasteiger partial charge in [0.2, 0.25) is 0 Å². The standard InChI is InChI=1S/C20H23FN10O8P2S/c21-11-14-10(37-20(11)31-7-29-13-16(23)25-5-27-18(13)31)3-35-41(33,42)39-9-1-8(2-34-40(32)38-14)36-19(9)30-6-28-12-15(22)24-4-26-17(12)30/h4-11,14,19-20,40H,1-3H2,(H,33,42)(H2,22,24,26)(H2,23,25,27)/t8-,9+,10+,11+,14+,19+,20+,41+/m0/s1. The smallest absolute Gasteiger partial charge is 0.382 e. The van der Waals surface area contributed by atoms with Crippen LogP contribution in [0, 0.1) is 0 Å². The Bertz CT molecular complexity index is 1730. The highest BCUT2D eigenvalue weighted by Gasteiger charge is 2.50. The van der Waals surface area contributed by atoms with E-state index in [9.17, 15) is 9.13 Å². The molecule has 4 aromatic rings. The number of halogens is 1. The van der Waals surface area contributed by atoms with Gasteiger partial charge >= 0.3 is 15.1 Å². The molecule has 18 nitrogen and oxygen atoms in total. The molecule has 1 unspecified atom stereocenters. The molecule has 0 spiro atoms. The number of alkyl halides is 1. The summed E-state index contributed by atoms with van der Waals surface area (Å²) in [6, 6.07) is 0. The lowest BCUT2D eigenvalue weighted by Gasteiger charge is -2.25. The molecule has 9 atom stereocenters. The number of ether oxygens (including phenoxy) is 2. The van der Waals surface area contributed by atoms with Crippen molar-refractivity contribution in [2.24, 2.45) is 0 Å². The Morgan fingerprint density at radius 1 is 0.929 bits per heavy atom. The minimum atomic E-state index is -4.12. The predicted molar refractivity (Wildman–Crippen MR) is 144 cm³/mol. The zero-order valence-corrected chi connectivity index (χ0v) is 24.0. The van der Waals surface area contributed by atoms with Gasteiger partial charge in [-0.05, 0) is 0 Å². The lowest BCUT2D eigenvalue weighted by atomic mass is 10.1. The molecule has 7 rings (SSSR count). The Morgan fingerprint density at radius 2 is 1.57 bits per heavy atom. The van der Waals surface area contributed by atoms with Crippen molar-refractivity contribution < 1.29 is 41.1 Å². The van der Waals surface area contributed by atoms with Gasteiger partial charge in [0.25, 0.3) is 0 Å². The first kappa shape index (κ1) is 28.0. The van der Waals surface area contributed by atoms with Gasteiger partial charge in [0.05, 0.1) is 32.0 Å². The van der Waals surface area contributed by atoms with Crippen molar-refractivity contribution in [2.45, 2.75) is 49.5 Å². The van der Waals surface area contributed by atoms with Crippen molar-refractivity contribution in [3.8, 4) is 0 Å². The van der Waals surface area contributed by atoms with E-state index >= 15 is 4.39 Å². The number of nitrogen functional groups attached to an aromatic ring is 2. The zero-order chi connectivity index (χ0) is 29.2. The van der Waals surface area contributed by atoms with Crippen molar-refractivity contribution in [1.82, 2.24) is 39.0 Å². The summed E-state index contributed by atoms with van der Waals surface area (Å²) >= 11 is 4.14. The van der Waals surface area contributed by atoms with Gasteiger partial charge in [-0.1, -0.05) is 12.2 Å². The number of rotatable bonds is 2. The van der Waals surface area contributed by atoms with Crippen LogP contribution in [-0.2, 0) is 36.7 Å². The second-order valence-electron chi connectivity index (χ2n) is 9.61. The van der Waals surface area contributed by atoms with Crippen LogP contribution < -0.4 is 11.5 Å². The summed E-state index contributed by atoms with van der Waals surface area (Å²) in [6.45, 7) is -4.83. The summed E-state index contributed by atoms with van der Waals surface area (Å²) < 4.78 is 79.2. The van der Waals surface area contributed by atoms with Crippen LogP contribution in [0.5, 0.6) is 0 Å². The number of fused-ring (bicyclic) bond motifs is 5. The lowest BCUT2D eigenvalue weighted by Crippen LogP contribution is -2.33. The van der Waals surface area contributed by atoms with Gasteiger partial charge in [0.1, 0.15) is 42.0 Å². The molecule has 3 aliphatic heterocycles. The molecule has 0 saturated carbocycles. The number of anilines is 2. The number of nitrogens with zero attached hydrogens (tertiary/aromatic N) is 8. The molecule has 3 aliphatic rings. The van der Waals surface area contributed by atoms with Gasteiger partial charge in [-0.15, -0.1) is 0 Å². The number of hydrogen-bond acceptors (Lipinski definition) is 16. The third-order valence-electron chi connectivity index (χ3n) is 7.02. The Balaban J connectivity index is 1.16. The number of nitrogens with two attached hydrogens (primary N) is 2. The Labute approximate surface area is 240 Å². The first-order valence-corrected chi connectivity index (χ1v) is 16.4. The summed E-state index contributed by atoms with van der Waals surface area (Å²) in [5.74, 6) is 0.251. The topological polar surface area (TPSA) is 229 Å². The highest BCUT2D eigenvalue weighted by Crippen LogP contribution is 2.57. The van der Waals surface area contributed by atoms with Gasteiger partial charge in [-0.2, -0.15) is 0 Å². The second-order valence-corrected chi connectivity index (χ2v) is 13.5. The van der Waals surface area contributed by atoms with Crippen molar-refractivity contribution in [1.29, 1.82) is 0 Å². The SMILES string of the molecule is Nc1ncnc2c1ncn2[C@@H]1O[C@@H]2CO[P@@](=O)(S)O[C@@H]3C[C@@H](CO[PH](=O)O[C@H]2[C@H]1F)O[C@H]3n1cnc2c(N)ncnc21. The third kappa shape index (κ3) is 4.95. The average Bonchev–Trinajstić information content (AvgIpc) is 3.72. The molecule has 3 saturated heterocycles. The normalized spacial score (nSPS) is 36.0. The van der Waals surface area contributed by atoms with Crippen LogP contribution in [0.2, 0.25) is 0 Å². The van der Waals surface area contributed by atoms with Gasteiger partial charge < -0.3 is 30.0 Å². The van der Waals surface area contributed by atoms with Crippen molar-refractivity contribution in [3.05, 3.63) is 25.3 Å². The quantitative estimate of drug-likeness (QED) is 0.208. The maximum atomic E-state index is 15.8. The third-order valence-corrected chi connectivity index (χ3v) is 9.53. The minimum Gasteiger partial charge on any atom is -0.382 e. The van der Waals surface area contributed by atoms with Crippen LogP contribution in [0.4, 0.5) is 16.0 Å². The van der Waals surface area contributed by atoms with Gasteiger partial charge in [0, 0.05) is 6.42 Å². The predicted octanol–water partition coefficient (Wildman–Crippen LogP) is 1.60. The van der Waals surface area contributed by atoms with Crippen LogP contribution in [0.1, 0.15) is 18.9 Å². The summed E-state index contributed by atoms with van der Waals surface area (Å²) in [5.41, 5.74) is 12.9. The maximum Gasteiger partial charge on any atom is 0.386 e. The van der Waals surface area contributed by atoms with E-state index < -0.39 is 64.7 Å². The average molecular weight is 644 g/mol. The number of thiol groups is 1. The van der Waals surface area contributed by atoms with E-state index in [0.717, 1.165) is 0 Å². The summed E-state index contributed by atoms with van der Waals surface area (Å²) in [4.78, 5) is 24.5. The van der Waals surface area contributed by atoms with Crippen LogP contribution in [-0.4, -0.2) is 82.8 Å². The summed E-state index contributed by atoms with van der Waals surface area (Å²) in [5, 5.41) is 0. The number of aromatic nitrogens is 8. The Morgan fingerprint density at radius 3 is 2.24 bits per heavy atom. The first-order valence-electron chi connectivity index (χ1n) is 12.5. The molecule has 2 bridgehead atoms. The fourth-order valence-electron chi connectivity index (χ4n) is 5.14. The molecule has 4 N–H and O–H groups in total. The van der Waals surface area contributed by atoms with Crippen molar-refractivity contribution >= 4 is 61.3 Å². The minimum absolute atomic E-state index is 0.0932. The van der Waals surface area contributed by atoms with Crippen molar-refractivity contribution in [2.75, 3.05) is 24.7 Å². The van der Waals surface area contributed by atoms with E-state index in [1.807, 2.05) is 0 Å². The number of imidazole rings is 2. The Hall–Kier alpha value is -2.80. The zero-order valence-electron chi connectivity index (χ0n) is 21.2. The molecule has 4 aromatic heterocycles. The molecule has 22 heteroatoms. The fraction of sp³-hybridized carbons (Fsp3) is 0.500. The van der Waals surface area contributed by atoms with E-state index in [1.54, 1.807) is 0 Å². The molecule has 3 fully saturated rings.